The predicted molar refractivity (Wildman–Crippen MR) is 71.0 cm³/mol. The lowest BCUT2D eigenvalue weighted by molar-refractivity contribution is -0.118. The maximum atomic E-state index is 11.7. The van der Waals surface area contributed by atoms with E-state index in [0.717, 1.165) is 4.88 Å². The van der Waals surface area contributed by atoms with E-state index >= 15 is 0 Å². The minimum Gasteiger partial charge on any atom is -0.370 e. The van der Waals surface area contributed by atoms with Crippen LogP contribution >= 0.6 is 11.3 Å². The molecule has 0 saturated carbocycles. The molecule has 1 aromatic heterocycles. The molecule has 0 atom stereocenters. The van der Waals surface area contributed by atoms with Crippen molar-refractivity contribution in [3.63, 3.8) is 0 Å². The van der Waals surface area contributed by atoms with E-state index in [9.17, 15) is 9.59 Å². The molecular formula is C12H15N3O2S. The predicted octanol–water partition coefficient (Wildman–Crippen LogP) is 0.0536. The Balaban J connectivity index is 2.42. The fourth-order valence-corrected chi connectivity index (χ4v) is 1.98. The lowest BCUT2D eigenvalue weighted by atomic mass is 10.2. The summed E-state index contributed by atoms with van der Waals surface area (Å²) in [5.41, 5.74) is 10.8. The highest BCUT2D eigenvalue weighted by Gasteiger charge is 2.07. The summed E-state index contributed by atoms with van der Waals surface area (Å²) in [6.45, 7) is 0.730. The molecule has 0 radical (unpaired) electrons. The molecule has 6 heteroatoms. The first-order chi connectivity index (χ1) is 8.63. The molecule has 18 heavy (non-hydrogen) atoms. The average molecular weight is 265 g/mol. The standard InChI is InChI=1S/C12H15N3O2S/c13-5-1-3-10-7-9(8-18-10)12(17)15-6-2-4-11(14)16/h7-8H,2,4-6,13H2,(H2,14,16)(H,15,17). The Morgan fingerprint density at radius 2 is 2.22 bits per heavy atom. The minimum absolute atomic E-state index is 0.170. The van der Waals surface area contributed by atoms with Gasteiger partial charge < -0.3 is 16.8 Å². The second kappa shape index (κ2) is 7.48. The quantitative estimate of drug-likeness (QED) is 0.518. The Morgan fingerprint density at radius 1 is 1.44 bits per heavy atom. The number of nitrogens with one attached hydrogen (secondary N) is 1. The van der Waals surface area contributed by atoms with Crippen molar-refractivity contribution in [3.05, 3.63) is 21.9 Å². The Morgan fingerprint density at radius 3 is 2.89 bits per heavy atom. The summed E-state index contributed by atoms with van der Waals surface area (Å²) in [6.07, 6.45) is 0.822. The van der Waals surface area contributed by atoms with Gasteiger partial charge in [-0.2, -0.15) is 0 Å². The first-order valence-electron chi connectivity index (χ1n) is 5.47. The molecule has 0 saturated heterocycles. The third-order valence-corrected chi connectivity index (χ3v) is 2.91. The van der Waals surface area contributed by atoms with Crippen molar-refractivity contribution >= 4 is 23.2 Å². The highest BCUT2D eigenvalue weighted by molar-refractivity contribution is 7.10. The van der Waals surface area contributed by atoms with Gasteiger partial charge in [-0.3, -0.25) is 9.59 Å². The smallest absolute Gasteiger partial charge is 0.252 e. The van der Waals surface area contributed by atoms with Crippen LogP contribution in [0.4, 0.5) is 0 Å². The van der Waals surface area contributed by atoms with Gasteiger partial charge in [-0.1, -0.05) is 11.8 Å². The van der Waals surface area contributed by atoms with Crippen LogP contribution in [-0.4, -0.2) is 24.9 Å². The SMILES string of the molecule is NCC#Cc1cc(C(=O)NCCCC(N)=O)cs1. The molecule has 2 amide bonds. The van der Waals surface area contributed by atoms with Crippen LogP contribution in [0.5, 0.6) is 0 Å². The molecule has 0 fully saturated rings. The highest BCUT2D eigenvalue weighted by Crippen LogP contribution is 2.13. The van der Waals surface area contributed by atoms with Crippen LogP contribution < -0.4 is 16.8 Å². The van der Waals surface area contributed by atoms with Crippen LogP contribution in [0.25, 0.3) is 0 Å². The summed E-state index contributed by atoms with van der Waals surface area (Å²) >= 11 is 1.40. The lowest BCUT2D eigenvalue weighted by Crippen LogP contribution is -2.25. The van der Waals surface area contributed by atoms with E-state index in [1.807, 2.05) is 0 Å². The third kappa shape index (κ3) is 4.99. The van der Waals surface area contributed by atoms with Gasteiger partial charge in [-0.05, 0) is 12.5 Å². The van der Waals surface area contributed by atoms with Crippen LogP contribution in [-0.2, 0) is 4.79 Å². The van der Waals surface area contributed by atoms with Gasteiger partial charge in [0.2, 0.25) is 5.91 Å². The minimum atomic E-state index is -0.362. The molecule has 5 nitrogen and oxygen atoms in total. The van der Waals surface area contributed by atoms with E-state index in [0.29, 0.717) is 25.1 Å². The maximum Gasteiger partial charge on any atom is 0.252 e. The van der Waals surface area contributed by atoms with E-state index in [1.54, 1.807) is 11.4 Å². The van der Waals surface area contributed by atoms with Gasteiger partial charge in [0.1, 0.15) is 0 Å². The highest BCUT2D eigenvalue weighted by atomic mass is 32.1. The van der Waals surface area contributed by atoms with Crippen molar-refractivity contribution in [2.24, 2.45) is 11.5 Å². The zero-order chi connectivity index (χ0) is 13.4. The van der Waals surface area contributed by atoms with Crippen LogP contribution in [0.1, 0.15) is 28.1 Å². The molecule has 0 spiro atoms. The summed E-state index contributed by atoms with van der Waals surface area (Å²) in [7, 11) is 0. The van der Waals surface area contributed by atoms with Gasteiger partial charge in [-0.25, -0.2) is 0 Å². The summed E-state index contributed by atoms with van der Waals surface area (Å²) < 4.78 is 0. The molecular weight excluding hydrogens is 250 g/mol. The van der Waals surface area contributed by atoms with E-state index in [2.05, 4.69) is 17.2 Å². The maximum absolute atomic E-state index is 11.7. The Bertz CT molecular complexity index is 485. The molecule has 0 bridgehead atoms. The number of rotatable bonds is 5. The summed E-state index contributed by atoms with van der Waals surface area (Å²) in [4.78, 5) is 23.0. The van der Waals surface area contributed by atoms with Gasteiger partial charge >= 0.3 is 0 Å². The van der Waals surface area contributed by atoms with Crippen molar-refractivity contribution in [2.75, 3.05) is 13.1 Å². The Labute approximate surface area is 110 Å². The van der Waals surface area contributed by atoms with Crippen molar-refractivity contribution in [2.45, 2.75) is 12.8 Å². The van der Waals surface area contributed by atoms with Crippen LogP contribution in [0.2, 0.25) is 0 Å². The van der Waals surface area contributed by atoms with Crippen molar-refractivity contribution in [1.82, 2.24) is 5.32 Å². The number of amides is 2. The second-order valence-corrected chi connectivity index (χ2v) is 4.44. The molecule has 5 N–H and O–H groups in total. The fraction of sp³-hybridized carbons (Fsp3) is 0.333. The molecule has 96 valence electrons. The number of primary amides is 1. The molecule has 0 aliphatic heterocycles. The number of carbonyl (C=O) groups excluding carboxylic acids is 2. The summed E-state index contributed by atoms with van der Waals surface area (Å²) in [5.74, 6) is 5.06. The monoisotopic (exact) mass is 265 g/mol. The number of thiophene rings is 1. The normalized spacial score (nSPS) is 9.39. The summed E-state index contributed by atoms with van der Waals surface area (Å²) in [6, 6.07) is 1.72. The molecule has 0 aliphatic rings. The topological polar surface area (TPSA) is 98.2 Å². The van der Waals surface area contributed by atoms with Crippen LogP contribution in [0.15, 0.2) is 11.4 Å². The Hall–Kier alpha value is -1.84. The van der Waals surface area contributed by atoms with Crippen LogP contribution in [0, 0.1) is 11.8 Å². The van der Waals surface area contributed by atoms with E-state index in [-0.39, 0.29) is 18.2 Å². The molecule has 0 aromatic carbocycles. The van der Waals surface area contributed by atoms with Gasteiger partial charge in [0.25, 0.3) is 5.91 Å². The molecule has 1 rings (SSSR count). The number of hydrogen-bond acceptors (Lipinski definition) is 4. The van der Waals surface area contributed by atoms with Gasteiger partial charge in [0, 0.05) is 18.3 Å². The van der Waals surface area contributed by atoms with Gasteiger partial charge in [0.05, 0.1) is 17.0 Å². The van der Waals surface area contributed by atoms with Gasteiger partial charge in [0.15, 0.2) is 0 Å². The lowest BCUT2D eigenvalue weighted by Gasteiger charge is -2.01. The molecule has 1 heterocycles. The summed E-state index contributed by atoms with van der Waals surface area (Å²) in [5, 5.41) is 4.45. The van der Waals surface area contributed by atoms with E-state index in [1.165, 1.54) is 11.3 Å². The molecule has 0 unspecified atom stereocenters. The zero-order valence-electron chi connectivity index (χ0n) is 9.86. The fourth-order valence-electron chi connectivity index (χ4n) is 1.23. The van der Waals surface area contributed by atoms with E-state index in [4.69, 9.17) is 11.5 Å². The largest absolute Gasteiger partial charge is 0.370 e. The molecule has 0 aliphatic carbocycles. The van der Waals surface area contributed by atoms with Crippen molar-refractivity contribution in [3.8, 4) is 11.8 Å². The third-order valence-electron chi connectivity index (χ3n) is 2.06. The van der Waals surface area contributed by atoms with E-state index < -0.39 is 0 Å². The zero-order valence-corrected chi connectivity index (χ0v) is 10.7. The van der Waals surface area contributed by atoms with Crippen molar-refractivity contribution < 1.29 is 9.59 Å². The average Bonchev–Trinajstić information content (AvgIpc) is 2.80. The first kappa shape index (κ1) is 14.2. The van der Waals surface area contributed by atoms with Gasteiger partial charge in [-0.15, -0.1) is 11.3 Å². The number of carbonyl (C=O) groups is 2. The number of hydrogen-bond donors (Lipinski definition) is 3. The number of nitrogens with two attached hydrogens (primary N) is 2. The first-order valence-corrected chi connectivity index (χ1v) is 6.35. The van der Waals surface area contributed by atoms with Crippen molar-refractivity contribution in [1.29, 1.82) is 0 Å². The van der Waals surface area contributed by atoms with Crippen LogP contribution in [0.3, 0.4) is 0 Å². The second-order valence-electron chi connectivity index (χ2n) is 3.53. The Kier molecular flexibility index (Phi) is 5.91. The molecule has 1 aromatic rings.